The fourth-order valence-electron chi connectivity index (χ4n) is 2.62. The standard InChI is InChI=1S/C14H30N2/c1-6-8-9-12(3)16-11-14(5,7-2)15-10-13(16)4/h12-13,15H,6-11H2,1-5H3. The van der Waals surface area contributed by atoms with E-state index in [1.807, 2.05) is 0 Å². The summed E-state index contributed by atoms with van der Waals surface area (Å²) in [6.45, 7) is 14.0. The van der Waals surface area contributed by atoms with Crippen LogP contribution in [0.2, 0.25) is 0 Å². The summed E-state index contributed by atoms with van der Waals surface area (Å²) >= 11 is 0. The molecule has 3 atom stereocenters. The molecule has 0 aromatic carbocycles. The van der Waals surface area contributed by atoms with E-state index in [0.717, 1.165) is 12.6 Å². The molecule has 0 spiro atoms. The van der Waals surface area contributed by atoms with Crippen LogP contribution in [0.1, 0.15) is 60.3 Å². The highest BCUT2D eigenvalue weighted by atomic mass is 15.3. The first-order valence-electron chi connectivity index (χ1n) is 7.03. The van der Waals surface area contributed by atoms with Gasteiger partial charge in [0.1, 0.15) is 0 Å². The van der Waals surface area contributed by atoms with Crippen LogP contribution >= 0.6 is 0 Å². The van der Waals surface area contributed by atoms with Gasteiger partial charge in [0, 0.05) is 30.7 Å². The SMILES string of the molecule is CCCCC(C)N1CC(C)(CC)NCC1C. The molecular formula is C14H30N2. The van der Waals surface area contributed by atoms with Gasteiger partial charge in [0.2, 0.25) is 0 Å². The zero-order valence-electron chi connectivity index (χ0n) is 11.8. The number of nitrogens with one attached hydrogen (secondary N) is 1. The zero-order chi connectivity index (χ0) is 12.2. The highest BCUT2D eigenvalue weighted by molar-refractivity contribution is 4.94. The lowest BCUT2D eigenvalue weighted by Gasteiger charge is -2.47. The Balaban J connectivity index is 2.55. The molecule has 0 amide bonds. The molecule has 1 rings (SSSR count). The second-order valence-electron chi connectivity index (χ2n) is 5.81. The minimum absolute atomic E-state index is 0.326. The average molecular weight is 226 g/mol. The van der Waals surface area contributed by atoms with E-state index < -0.39 is 0 Å². The Labute approximate surface area is 102 Å². The molecule has 1 N–H and O–H groups in total. The first-order valence-corrected chi connectivity index (χ1v) is 7.03. The van der Waals surface area contributed by atoms with Gasteiger partial charge in [-0.3, -0.25) is 4.90 Å². The molecule has 0 aromatic rings. The van der Waals surface area contributed by atoms with Crippen molar-refractivity contribution >= 4 is 0 Å². The fourth-order valence-corrected chi connectivity index (χ4v) is 2.62. The van der Waals surface area contributed by atoms with Crippen molar-refractivity contribution in [1.29, 1.82) is 0 Å². The Morgan fingerprint density at radius 2 is 2.12 bits per heavy atom. The fraction of sp³-hybridized carbons (Fsp3) is 1.00. The summed E-state index contributed by atoms with van der Waals surface area (Å²) in [5.74, 6) is 0. The van der Waals surface area contributed by atoms with Crippen molar-refractivity contribution in [1.82, 2.24) is 10.2 Å². The van der Waals surface area contributed by atoms with Crippen molar-refractivity contribution in [3.63, 3.8) is 0 Å². The maximum atomic E-state index is 3.69. The van der Waals surface area contributed by atoms with Gasteiger partial charge in [-0.2, -0.15) is 0 Å². The van der Waals surface area contributed by atoms with Crippen molar-refractivity contribution < 1.29 is 0 Å². The second kappa shape index (κ2) is 6.02. The van der Waals surface area contributed by atoms with E-state index in [1.54, 1.807) is 0 Å². The van der Waals surface area contributed by atoms with E-state index in [-0.39, 0.29) is 0 Å². The number of nitrogens with zero attached hydrogens (tertiary/aromatic N) is 1. The molecule has 1 heterocycles. The number of unbranched alkanes of at least 4 members (excludes halogenated alkanes) is 1. The summed E-state index contributed by atoms with van der Waals surface area (Å²) in [4.78, 5) is 2.70. The Morgan fingerprint density at radius 1 is 1.44 bits per heavy atom. The summed E-state index contributed by atoms with van der Waals surface area (Å²) in [7, 11) is 0. The molecule has 1 fully saturated rings. The van der Waals surface area contributed by atoms with Gasteiger partial charge in [-0.15, -0.1) is 0 Å². The van der Waals surface area contributed by atoms with E-state index >= 15 is 0 Å². The van der Waals surface area contributed by atoms with Crippen LogP contribution in [0.4, 0.5) is 0 Å². The first kappa shape index (κ1) is 14.0. The normalized spacial score (nSPS) is 33.9. The van der Waals surface area contributed by atoms with Crippen LogP contribution in [-0.2, 0) is 0 Å². The Bertz CT molecular complexity index is 205. The molecule has 3 unspecified atom stereocenters. The summed E-state index contributed by atoms with van der Waals surface area (Å²) in [5, 5.41) is 3.69. The van der Waals surface area contributed by atoms with Crippen molar-refractivity contribution in [3.05, 3.63) is 0 Å². The van der Waals surface area contributed by atoms with Gasteiger partial charge in [0.15, 0.2) is 0 Å². The van der Waals surface area contributed by atoms with Crippen LogP contribution in [0, 0.1) is 0 Å². The summed E-state index contributed by atoms with van der Waals surface area (Å²) in [5.41, 5.74) is 0.326. The van der Waals surface area contributed by atoms with Crippen LogP contribution in [0.3, 0.4) is 0 Å². The lowest BCUT2D eigenvalue weighted by Crippen LogP contribution is -2.63. The van der Waals surface area contributed by atoms with Gasteiger partial charge in [-0.1, -0.05) is 26.7 Å². The summed E-state index contributed by atoms with van der Waals surface area (Å²) in [6.07, 6.45) is 5.24. The predicted octanol–water partition coefficient (Wildman–Crippen LogP) is 3.03. The van der Waals surface area contributed by atoms with E-state index in [4.69, 9.17) is 0 Å². The van der Waals surface area contributed by atoms with Crippen molar-refractivity contribution in [2.45, 2.75) is 77.9 Å². The van der Waals surface area contributed by atoms with Crippen LogP contribution in [-0.4, -0.2) is 35.6 Å². The van der Waals surface area contributed by atoms with E-state index in [2.05, 4.69) is 44.8 Å². The number of hydrogen-bond donors (Lipinski definition) is 1. The second-order valence-corrected chi connectivity index (χ2v) is 5.81. The minimum atomic E-state index is 0.326. The van der Waals surface area contributed by atoms with E-state index in [1.165, 1.54) is 32.2 Å². The molecule has 16 heavy (non-hydrogen) atoms. The quantitative estimate of drug-likeness (QED) is 0.775. The third-order valence-corrected chi connectivity index (χ3v) is 4.24. The maximum absolute atomic E-state index is 3.69. The number of rotatable bonds is 5. The molecule has 0 radical (unpaired) electrons. The average Bonchev–Trinajstić information content (AvgIpc) is 2.29. The van der Waals surface area contributed by atoms with Crippen LogP contribution in [0.5, 0.6) is 0 Å². The monoisotopic (exact) mass is 226 g/mol. The Morgan fingerprint density at radius 3 is 2.69 bits per heavy atom. The van der Waals surface area contributed by atoms with Gasteiger partial charge >= 0.3 is 0 Å². The zero-order valence-corrected chi connectivity index (χ0v) is 11.8. The summed E-state index contributed by atoms with van der Waals surface area (Å²) in [6, 6.07) is 1.43. The van der Waals surface area contributed by atoms with Gasteiger partial charge in [-0.05, 0) is 33.6 Å². The van der Waals surface area contributed by atoms with Gasteiger partial charge in [0.05, 0.1) is 0 Å². The number of piperazine rings is 1. The largest absolute Gasteiger partial charge is 0.309 e. The van der Waals surface area contributed by atoms with Crippen molar-refractivity contribution in [3.8, 4) is 0 Å². The molecule has 1 aliphatic rings. The highest BCUT2D eigenvalue weighted by Gasteiger charge is 2.34. The van der Waals surface area contributed by atoms with Crippen molar-refractivity contribution in [2.75, 3.05) is 13.1 Å². The molecule has 0 aliphatic carbocycles. The molecule has 2 heteroatoms. The molecule has 1 saturated heterocycles. The van der Waals surface area contributed by atoms with Crippen LogP contribution < -0.4 is 5.32 Å². The lowest BCUT2D eigenvalue weighted by atomic mass is 9.92. The topological polar surface area (TPSA) is 15.3 Å². The molecule has 1 aliphatic heterocycles. The molecule has 0 saturated carbocycles. The number of hydrogen-bond acceptors (Lipinski definition) is 2. The third-order valence-electron chi connectivity index (χ3n) is 4.24. The smallest absolute Gasteiger partial charge is 0.0278 e. The minimum Gasteiger partial charge on any atom is -0.309 e. The van der Waals surface area contributed by atoms with Gasteiger partial charge in [-0.25, -0.2) is 0 Å². The maximum Gasteiger partial charge on any atom is 0.0278 e. The molecule has 2 nitrogen and oxygen atoms in total. The molecule has 0 bridgehead atoms. The molecular weight excluding hydrogens is 196 g/mol. The summed E-state index contributed by atoms with van der Waals surface area (Å²) < 4.78 is 0. The Kier molecular flexibility index (Phi) is 5.26. The van der Waals surface area contributed by atoms with Crippen LogP contribution in [0.15, 0.2) is 0 Å². The third kappa shape index (κ3) is 3.46. The van der Waals surface area contributed by atoms with Gasteiger partial charge in [0.25, 0.3) is 0 Å². The van der Waals surface area contributed by atoms with E-state index in [0.29, 0.717) is 11.6 Å². The first-order chi connectivity index (χ1) is 7.52. The van der Waals surface area contributed by atoms with Gasteiger partial charge < -0.3 is 5.32 Å². The molecule has 96 valence electrons. The Hall–Kier alpha value is -0.0800. The predicted molar refractivity (Wildman–Crippen MR) is 71.9 cm³/mol. The van der Waals surface area contributed by atoms with E-state index in [9.17, 15) is 0 Å². The van der Waals surface area contributed by atoms with Crippen LogP contribution in [0.25, 0.3) is 0 Å². The highest BCUT2D eigenvalue weighted by Crippen LogP contribution is 2.22. The lowest BCUT2D eigenvalue weighted by molar-refractivity contribution is 0.0560. The van der Waals surface area contributed by atoms with Crippen molar-refractivity contribution in [2.24, 2.45) is 0 Å². The molecule has 0 aromatic heterocycles.